The number of benzene rings is 1. The highest BCUT2D eigenvalue weighted by Gasteiger charge is 2.05. The Labute approximate surface area is 107 Å². The monoisotopic (exact) mass is 255 g/mol. The quantitative estimate of drug-likeness (QED) is 0.584. The fourth-order valence-electron chi connectivity index (χ4n) is 1.45. The van der Waals surface area contributed by atoms with Gasteiger partial charge < -0.3 is 5.32 Å². The zero-order valence-electron chi connectivity index (χ0n) is 9.58. The van der Waals surface area contributed by atoms with Crippen LogP contribution in [0.15, 0.2) is 41.8 Å². The molecule has 1 aromatic rings. The van der Waals surface area contributed by atoms with Crippen LogP contribution >= 0.6 is 23.4 Å². The Morgan fingerprint density at radius 2 is 2.38 bits per heavy atom. The Hall–Kier alpha value is -0.440. The molecular formula is C13H18ClNS. The zero-order valence-corrected chi connectivity index (χ0v) is 11.2. The van der Waals surface area contributed by atoms with Crippen LogP contribution in [0.2, 0.25) is 5.02 Å². The highest BCUT2D eigenvalue weighted by atomic mass is 35.5. The number of rotatable bonds is 7. The fraction of sp³-hybridized carbons (Fsp3) is 0.385. The third-order valence-electron chi connectivity index (χ3n) is 2.19. The van der Waals surface area contributed by atoms with Crippen molar-refractivity contribution in [3.8, 4) is 0 Å². The van der Waals surface area contributed by atoms with Gasteiger partial charge in [-0.3, -0.25) is 0 Å². The Morgan fingerprint density at radius 1 is 1.56 bits per heavy atom. The van der Waals surface area contributed by atoms with Crippen molar-refractivity contribution in [3.05, 3.63) is 41.9 Å². The minimum Gasteiger partial charge on any atom is -0.313 e. The summed E-state index contributed by atoms with van der Waals surface area (Å²) in [4.78, 5) is 1.22. The van der Waals surface area contributed by atoms with Crippen molar-refractivity contribution in [2.75, 3.05) is 12.3 Å². The molecule has 1 nitrogen and oxygen atoms in total. The second-order valence-electron chi connectivity index (χ2n) is 3.55. The van der Waals surface area contributed by atoms with Crippen molar-refractivity contribution < 1.29 is 0 Å². The van der Waals surface area contributed by atoms with Crippen molar-refractivity contribution >= 4 is 23.4 Å². The molecule has 0 bridgehead atoms. The van der Waals surface area contributed by atoms with Gasteiger partial charge in [0.25, 0.3) is 0 Å². The summed E-state index contributed by atoms with van der Waals surface area (Å²) in [6.45, 7) is 6.90. The van der Waals surface area contributed by atoms with Gasteiger partial charge >= 0.3 is 0 Å². The average Bonchev–Trinajstić information content (AvgIpc) is 2.27. The van der Waals surface area contributed by atoms with Crippen LogP contribution in [0.3, 0.4) is 0 Å². The van der Waals surface area contributed by atoms with Gasteiger partial charge in [-0.2, -0.15) is 0 Å². The molecule has 3 heteroatoms. The lowest BCUT2D eigenvalue weighted by atomic mass is 10.2. The Bertz CT molecular complexity index is 327. The Morgan fingerprint density at radius 3 is 3.00 bits per heavy atom. The predicted octanol–water partition coefficient (Wildman–Crippen LogP) is 3.99. The molecular weight excluding hydrogens is 238 g/mol. The molecule has 0 aliphatic heterocycles. The summed E-state index contributed by atoms with van der Waals surface area (Å²) in [6.07, 6.45) is 2.97. The van der Waals surface area contributed by atoms with E-state index in [2.05, 4.69) is 24.9 Å². The summed E-state index contributed by atoms with van der Waals surface area (Å²) in [6, 6.07) is 8.47. The summed E-state index contributed by atoms with van der Waals surface area (Å²) >= 11 is 7.77. The number of halogens is 1. The summed E-state index contributed by atoms with van der Waals surface area (Å²) < 4.78 is 0. The second-order valence-corrected chi connectivity index (χ2v) is 5.08. The van der Waals surface area contributed by atoms with E-state index in [1.54, 1.807) is 0 Å². The van der Waals surface area contributed by atoms with Crippen molar-refractivity contribution in [2.45, 2.75) is 24.3 Å². The largest absolute Gasteiger partial charge is 0.313 e. The summed E-state index contributed by atoms with van der Waals surface area (Å²) in [5.74, 6) is 1.04. The lowest BCUT2D eigenvalue weighted by Crippen LogP contribution is -2.30. The average molecular weight is 256 g/mol. The molecule has 0 radical (unpaired) electrons. The molecule has 0 saturated heterocycles. The van der Waals surface area contributed by atoms with Crippen molar-refractivity contribution in [2.24, 2.45) is 0 Å². The van der Waals surface area contributed by atoms with Crippen LogP contribution in [0.5, 0.6) is 0 Å². The molecule has 1 rings (SSSR count). The maximum absolute atomic E-state index is 5.94. The number of thioether (sulfide) groups is 1. The van der Waals surface area contributed by atoms with E-state index < -0.39 is 0 Å². The molecule has 0 amide bonds. The van der Waals surface area contributed by atoms with E-state index in [4.69, 9.17) is 11.6 Å². The molecule has 0 aliphatic carbocycles. The van der Waals surface area contributed by atoms with Crippen molar-refractivity contribution in [1.29, 1.82) is 0 Å². The van der Waals surface area contributed by atoms with Gasteiger partial charge in [-0.15, -0.1) is 18.3 Å². The molecule has 1 aromatic carbocycles. The molecule has 88 valence electrons. The van der Waals surface area contributed by atoms with Gasteiger partial charge in [-0.05, 0) is 31.2 Å². The highest BCUT2D eigenvalue weighted by Crippen LogP contribution is 2.22. The van der Waals surface area contributed by atoms with Gasteiger partial charge in [-0.25, -0.2) is 0 Å². The van der Waals surface area contributed by atoms with E-state index in [-0.39, 0.29) is 0 Å². The molecule has 1 unspecified atom stereocenters. The maximum atomic E-state index is 5.94. The van der Waals surface area contributed by atoms with E-state index in [0.717, 1.165) is 23.7 Å². The molecule has 0 heterocycles. The molecule has 1 N–H and O–H groups in total. The fourth-order valence-corrected chi connectivity index (χ4v) is 2.74. The lowest BCUT2D eigenvalue weighted by molar-refractivity contribution is 0.582. The van der Waals surface area contributed by atoms with Gasteiger partial charge in [0.15, 0.2) is 0 Å². The van der Waals surface area contributed by atoms with Crippen LogP contribution in [0.4, 0.5) is 0 Å². The maximum Gasteiger partial charge on any atom is 0.0417 e. The molecule has 0 fully saturated rings. The minimum absolute atomic E-state index is 0.492. The molecule has 0 spiro atoms. The topological polar surface area (TPSA) is 12.0 Å². The Balaban J connectivity index is 2.44. The van der Waals surface area contributed by atoms with E-state index in [1.165, 1.54) is 4.90 Å². The first kappa shape index (κ1) is 13.6. The molecule has 1 atom stereocenters. The Kier molecular flexibility index (Phi) is 6.62. The van der Waals surface area contributed by atoms with Gasteiger partial charge in [0, 0.05) is 21.7 Å². The van der Waals surface area contributed by atoms with Crippen LogP contribution in [-0.4, -0.2) is 18.3 Å². The van der Waals surface area contributed by atoms with Gasteiger partial charge in [0.05, 0.1) is 0 Å². The van der Waals surface area contributed by atoms with Crippen molar-refractivity contribution in [1.82, 2.24) is 5.32 Å². The molecule has 0 aliphatic rings. The highest BCUT2D eigenvalue weighted by molar-refractivity contribution is 7.99. The van der Waals surface area contributed by atoms with Crippen LogP contribution in [0, 0.1) is 0 Å². The summed E-state index contributed by atoms with van der Waals surface area (Å²) in [7, 11) is 0. The first-order valence-electron chi connectivity index (χ1n) is 5.49. The molecule has 0 saturated carbocycles. The van der Waals surface area contributed by atoms with Gasteiger partial charge in [0.2, 0.25) is 0 Å². The first-order chi connectivity index (χ1) is 7.76. The second kappa shape index (κ2) is 7.77. The van der Waals surface area contributed by atoms with Crippen LogP contribution < -0.4 is 5.32 Å². The van der Waals surface area contributed by atoms with Crippen LogP contribution in [0.1, 0.15) is 13.3 Å². The third kappa shape index (κ3) is 5.06. The van der Waals surface area contributed by atoms with Crippen LogP contribution in [-0.2, 0) is 0 Å². The van der Waals surface area contributed by atoms with Crippen molar-refractivity contribution in [3.63, 3.8) is 0 Å². The number of nitrogens with one attached hydrogen (secondary N) is 1. The van der Waals surface area contributed by atoms with Gasteiger partial charge in [-0.1, -0.05) is 30.7 Å². The molecule has 16 heavy (non-hydrogen) atoms. The molecule has 0 aromatic heterocycles. The van der Waals surface area contributed by atoms with Gasteiger partial charge in [0.1, 0.15) is 0 Å². The first-order valence-corrected chi connectivity index (χ1v) is 6.85. The summed E-state index contributed by atoms with van der Waals surface area (Å²) in [5, 5.41) is 4.24. The minimum atomic E-state index is 0.492. The summed E-state index contributed by atoms with van der Waals surface area (Å²) in [5.41, 5.74) is 0. The predicted molar refractivity (Wildman–Crippen MR) is 74.5 cm³/mol. The van der Waals surface area contributed by atoms with Crippen LogP contribution in [0.25, 0.3) is 0 Å². The van der Waals surface area contributed by atoms with E-state index in [9.17, 15) is 0 Å². The van der Waals surface area contributed by atoms with E-state index in [1.807, 2.05) is 36.0 Å². The standard InChI is InChI=1S/C13H18ClNS/c1-3-6-12(15-4-2)10-16-13-8-5-7-11(14)9-13/h3,5,7-9,12,15H,1,4,6,10H2,2H3. The number of hydrogen-bond donors (Lipinski definition) is 1. The lowest BCUT2D eigenvalue weighted by Gasteiger charge is -2.15. The third-order valence-corrected chi connectivity index (χ3v) is 3.58. The zero-order chi connectivity index (χ0) is 11.8. The van der Waals surface area contributed by atoms with E-state index >= 15 is 0 Å². The van der Waals surface area contributed by atoms with E-state index in [0.29, 0.717) is 6.04 Å². The SMILES string of the molecule is C=CCC(CSc1cccc(Cl)c1)NCC. The number of hydrogen-bond acceptors (Lipinski definition) is 2. The normalized spacial score (nSPS) is 12.4. The smallest absolute Gasteiger partial charge is 0.0417 e.